The topological polar surface area (TPSA) is 45.2 Å². The summed E-state index contributed by atoms with van der Waals surface area (Å²) in [7, 11) is 2.00. The fourth-order valence-corrected chi connectivity index (χ4v) is 2.31. The lowest BCUT2D eigenvalue weighted by Crippen LogP contribution is -2.20. The van der Waals surface area contributed by atoms with Crippen molar-refractivity contribution in [2.75, 3.05) is 23.8 Å². The number of hydrogen-bond acceptors (Lipinski definition) is 3. The van der Waals surface area contributed by atoms with Crippen molar-refractivity contribution in [3.05, 3.63) is 53.7 Å². The van der Waals surface area contributed by atoms with Gasteiger partial charge in [-0.15, -0.1) is 0 Å². The van der Waals surface area contributed by atoms with Crippen LogP contribution in [0.25, 0.3) is 0 Å². The van der Waals surface area contributed by atoms with Gasteiger partial charge in [-0.1, -0.05) is 32.4 Å². The lowest BCUT2D eigenvalue weighted by atomic mass is 10.1. The highest BCUT2D eigenvalue weighted by molar-refractivity contribution is 6.04. The minimum absolute atomic E-state index is 0.109. The first kappa shape index (κ1) is 17.0. The number of aryl methyl sites for hydroxylation is 1. The van der Waals surface area contributed by atoms with E-state index in [0.29, 0.717) is 5.56 Å². The van der Waals surface area contributed by atoms with Crippen LogP contribution in [-0.2, 0) is 6.42 Å². The normalized spacial score (nSPS) is 10.4. The van der Waals surface area contributed by atoms with Gasteiger partial charge in [0.2, 0.25) is 0 Å². The van der Waals surface area contributed by atoms with Gasteiger partial charge in [0.25, 0.3) is 5.91 Å². The molecule has 2 aromatic rings. The summed E-state index contributed by atoms with van der Waals surface area (Å²) in [4.78, 5) is 18.8. The van der Waals surface area contributed by atoms with Crippen LogP contribution in [0.4, 0.5) is 11.5 Å². The van der Waals surface area contributed by atoms with E-state index in [9.17, 15) is 4.79 Å². The molecular formula is C19H25N3O. The van der Waals surface area contributed by atoms with Gasteiger partial charge in [0.1, 0.15) is 5.82 Å². The zero-order valence-electron chi connectivity index (χ0n) is 14.2. The molecule has 0 atom stereocenters. The average Bonchev–Trinajstić information content (AvgIpc) is 2.60. The molecule has 122 valence electrons. The van der Waals surface area contributed by atoms with E-state index >= 15 is 0 Å². The largest absolute Gasteiger partial charge is 0.360 e. The summed E-state index contributed by atoms with van der Waals surface area (Å²) in [5, 5.41) is 2.93. The zero-order chi connectivity index (χ0) is 16.7. The molecule has 4 heteroatoms. The Morgan fingerprint density at radius 1 is 1.17 bits per heavy atom. The fraction of sp³-hybridized carbons (Fsp3) is 0.368. The molecular weight excluding hydrogens is 286 g/mol. The van der Waals surface area contributed by atoms with E-state index < -0.39 is 0 Å². The van der Waals surface area contributed by atoms with Crippen LogP contribution in [0, 0.1) is 0 Å². The van der Waals surface area contributed by atoms with E-state index in [1.807, 2.05) is 37.4 Å². The summed E-state index contributed by atoms with van der Waals surface area (Å²) >= 11 is 0. The van der Waals surface area contributed by atoms with Crippen molar-refractivity contribution in [2.24, 2.45) is 0 Å². The Balaban J connectivity index is 2.06. The van der Waals surface area contributed by atoms with Crippen LogP contribution in [0.3, 0.4) is 0 Å². The number of amides is 1. The third-order valence-corrected chi connectivity index (χ3v) is 3.87. The third kappa shape index (κ3) is 4.81. The molecule has 23 heavy (non-hydrogen) atoms. The maximum atomic E-state index is 12.4. The van der Waals surface area contributed by atoms with Crippen LogP contribution < -0.4 is 10.2 Å². The standard InChI is InChI=1S/C19H25N3O/c1-4-6-13-22(3)18-14-16(11-12-20-18)19(23)21-17-9-7-15(5-2)8-10-17/h7-12,14H,4-6,13H2,1-3H3,(H,21,23). The number of nitrogens with zero attached hydrogens (tertiary/aromatic N) is 2. The van der Waals surface area contributed by atoms with Crippen LogP contribution in [-0.4, -0.2) is 24.5 Å². The van der Waals surface area contributed by atoms with E-state index in [0.717, 1.165) is 37.3 Å². The number of benzene rings is 1. The third-order valence-electron chi connectivity index (χ3n) is 3.87. The molecule has 2 rings (SSSR count). The Morgan fingerprint density at radius 3 is 2.57 bits per heavy atom. The number of pyridine rings is 1. The molecule has 1 aromatic carbocycles. The number of hydrogen-bond donors (Lipinski definition) is 1. The van der Waals surface area contributed by atoms with E-state index in [1.165, 1.54) is 5.56 Å². The predicted molar refractivity (Wildman–Crippen MR) is 96.2 cm³/mol. The fourth-order valence-electron chi connectivity index (χ4n) is 2.31. The van der Waals surface area contributed by atoms with Gasteiger partial charge in [-0.2, -0.15) is 0 Å². The number of aromatic nitrogens is 1. The molecule has 1 amide bonds. The molecule has 0 aliphatic heterocycles. The van der Waals surface area contributed by atoms with Crippen molar-refractivity contribution >= 4 is 17.4 Å². The van der Waals surface area contributed by atoms with Crippen molar-refractivity contribution < 1.29 is 4.79 Å². The number of rotatable bonds is 7. The lowest BCUT2D eigenvalue weighted by molar-refractivity contribution is 0.102. The first-order valence-corrected chi connectivity index (χ1v) is 8.21. The predicted octanol–water partition coefficient (Wildman–Crippen LogP) is 4.13. The van der Waals surface area contributed by atoms with Crippen LogP contribution in [0.2, 0.25) is 0 Å². The molecule has 0 unspecified atom stereocenters. The molecule has 1 heterocycles. The second-order valence-corrected chi connectivity index (χ2v) is 5.68. The van der Waals surface area contributed by atoms with Crippen LogP contribution in [0.5, 0.6) is 0 Å². The maximum absolute atomic E-state index is 12.4. The van der Waals surface area contributed by atoms with E-state index in [-0.39, 0.29) is 5.91 Å². The van der Waals surface area contributed by atoms with E-state index in [1.54, 1.807) is 12.3 Å². The SMILES string of the molecule is CCCCN(C)c1cc(C(=O)Nc2ccc(CC)cc2)ccn1. The molecule has 1 N–H and O–H groups in total. The Labute approximate surface area is 138 Å². The highest BCUT2D eigenvalue weighted by Gasteiger charge is 2.09. The Hall–Kier alpha value is -2.36. The molecule has 0 saturated carbocycles. The average molecular weight is 311 g/mol. The maximum Gasteiger partial charge on any atom is 0.255 e. The van der Waals surface area contributed by atoms with Crippen molar-refractivity contribution in [2.45, 2.75) is 33.1 Å². The quantitative estimate of drug-likeness (QED) is 0.836. The number of unbranched alkanes of at least 4 members (excludes halogenated alkanes) is 1. The molecule has 0 aliphatic rings. The summed E-state index contributed by atoms with van der Waals surface area (Å²) in [6, 6.07) is 11.5. The first-order valence-electron chi connectivity index (χ1n) is 8.21. The zero-order valence-corrected chi connectivity index (χ0v) is 14.2. The molecule has 0 radical (unpaired) electrons. The van der Waals surface area contributed by atoms with Gasteiger partial charge < -0.3 is 10.2 Å². The summed E-state index contributed by atoms with van der Waals surface area (Å²) in [6.07, 6.45) is 4.93. The second-order valence-electron chi connectivity index (χ2n) is 5.68. The van der Waals surface area contributed by atoms with Gasteiger partial charge in [0, 0.05) is 31.0 Å². The van der Waals surface area contributed by atoms with Crippen molar-refractivity contribution in [1.82, 2.24) is 4.98 Å². The molecule has 0 saturated heterocycles. The highest BCUT2D eigenvalue weighted by atomic mass is 16.1. The summed E-state index contributed by atoms with van der Waals surface area (Å²) in [5.41, 5.74) is 2.69. The Morgan fingerprint density at radius 2 is 1.91 bits per heavy atom. The minimum Gasteiger partial charge on any atom is -0.360 e. The Kier molecular flexibility index (Phi) is 6.15. The van der Waals surface area contributed by atoms with Gasteiger partial charge in [-0.25, -0.2) is 4.98 Å². The monoisotopic (exact) mass is 311 g/mol. The number of carbonyl (C=O) groups excluding carboxylic acids is 1. The van der Waals surface area contributed by atoms with E-state index in [4.69, 9.17) is 0 Å². The molecule has 0 aliphatic carbocycles. The summed E-state index contributed by atoms with van der Waals surface area (Å²) in [6.45, 7) is 5.21. The van der Waals surface area contributed by atoms with Crippen molar-refractivity contribution in [1.29, 1.82) is 0 Å². The van der Waals surface area contributed by atoms with Crippen LogP contribution >= 0.6 is 0 Å². The molecule has 0 spiro atoms. The summed E-state index contributed by atoms with van der Waals surface area (Å²) in [5.74, 6) is 0.717. The van der Waals surface area contributed by atoms with Crippen LogP contribution in [0.1, 0.15) is 42.6 Å². The molecule has 0 bridgehead atoms. The number of carbonyl (C=O) groups is 1. The van der Waals surface area contributed by atoms with Gasteiger partial charge in [0.15, 0.2) is 0 Å². The van der Waals surface area contributed by atoms with Gasteiger partial charge >= 0.3 is 0 Å². The minimum atomic E-state index is -0.109. The Bertz CT molecular complexity index is 637. The number of anilines is 2. The van der Waals surface area contributed by atoms with Gasteiger partial charge in [-0.05, 0) is 42.7 Å². The van der Waals surface area contributed by atoms with Gasteiger partial charge in [0.05, 0.1) is 0 Å². The smallest absolute Gasteiger partial charge is 0.255 e. The highest BCUT2D eigenvalue weighted by Crippen LogP contribution is 2.15. The second kappa shape index (κ2) is 8.32. The molecule has 0 fully saturated rings. The van der Waals surface area contributed by atoms with Crippen molar-refractivity contribution in [3.8, 4) is 0 Å². The number of nitrogens with one attached hydrogen (secondary N) is 1. The lowest BCUT2D eigenvalue weighted by Gasteiger charge is -2.18. The summed E-state index contributed by atoms with van der Waals surface area (Å²) < 4.78 is 0. The first-order chi connectivity index (χ1) is 11.1. The van der Waals surface area contributed by atoms with E-state index in [2.05, 4.69) is 29.0 Å². The van der Waals surface area contributed by atoms with Crippen LogP contribution in [0.15, 0.2) is 42.6 Å². The van der Waals surface area contributed by atoms with Crippen molar-refractivity contribution in [3.63, 3.8) is 0 Å². The molecule has 1 aromatic heterocycles. The molecule has 4 nitrogen and oxygen atoms in total. The van der Waals surface area contributed by atoms with Gasteiger partial charge in [-0.3, -0.25) is 4.79 Å².